The molecule has 20 nitrogen and oxygen atoms in total. The first-order chi connectivity index (χ1) is 27.9. The van der Waals surface area contributed by atoms with Crippen molar-refractivity contribution in [3.05, 3.63) is 68.8 Å². The molecule has 8 N–H and O–H groups in total. The molecule has 0 unspecified atom stereocenters. The van der Waals surface area contributed by atoms with Gasteiger partial charge in [0.25, 0.3) is 0 Å². The minimum atomic E-state index is -0.294. The van der Waals surface area contributed by atoms with E-state index in [1.165, 1.54) is 9.13 Å². The quantitative estimate of drug-likeness (QED) is 0.0607. The number of aromatic nitrogens is 10. The molecule has 0 saturated heterocycles. The van der Waals surface area contributed by atoms with Gasteiger partial charge in [-0.1, -0.05) is 38.8 Å². The van der Waals surface area contributed by atoms with Crippen LogP contribution >= 0.6 is 0 Å². The number of hydrogen-bond donors (Lipinski definition) is 6. The SMILES string of the molecule is CCCCNc1nc(N)c2[nH]c(=O)n(Cc3ccc(OCCN(C)C)nc3)c2n1.CCCCNc1nc(N)c2[nH]c(=O)n(Cc3ccc(OCCN(C)C)nc3)c2n1. The first-order valence-electron chi connectivity index (χ1n) is 19.4. The maximum atomic E-state index is 12.5. The Kier molecular flexibility index (Phi) is 15.3. The summed E-state index contributed by atoms with van der Waals surface area (Å²) in [7, 11) is 7.94. The Balaban J connectivity index is 0.000000221. The first kappa shape index (κ1) is 42.9. The van der Waals surface area contributed by atoms with Crippen LogP contribution in [0.2, 0.25) is 0 Å². The van der Waals surface area contributed by atoms with Gasteiger partial charge in [-0.25, -0.2) is 19.6 Å². The van der Waals surface area contributed by atoms with E-state index in [0.717, 1.165) is 63.0 Å². The van der Waals surface area contributed by atoms with Crippen LogP contribution in [0.25, 0.3) is 22.3 Å². The fourth-order valence-electron chi connectivity index (χ4n) is 5.52. The lowest BCUT2D eigenvalue weighted by atomic mass is 10.3. The molecular formula is C38H56N16O4. The van der Waals surface area contributed by atoms with E-state index in [0.29, 0.717) is 72.3 Å². The average molecular weight is 801 g/mol. The molecule has 0 radical (unpaired) electrons. The third-order valence-electron chi connectivity index (χ3n) is 8.78. The summed E-state index contributed by atoms with van der Waals surface area (Å²) in [5.41, 5.74) is 15.0. The maximum Gasteiger partial charge on any atom is 0.328 e. The summed E-state index contributed by atoms with van der Waals surface area (Å²) in [6.07, 6.45) is 7.50. The predicted octanol–water partition coefficient (Wildman–Crippen LogP) is 2.60. The van der Waals surface area contributed by atoms with Crippen molar-refractivity contribution in [2.45, 2.75) is 52.6 Å². The molecule has 0 atom stereocenters. The Morgan fingerprint density at radius 1 is 0.655 bits per heavy atom. The average Bonchev–Trinajstić information content (AvgIpc) is 3.68. The summed E-state index contributed by atoms with van der Waals surface area (Å²) < 4.78 is 14.3. The van der Waals surface area contributed by atoms with Gasteiger partial charge in [-0.3, -0.25) is 9.13 Å². The lowest BCUT2D eigenvalue weighted by Gasteiger charge is -2.10. The third-order valence-corrected chi connectivity index (χ3v) is 8.78. The van der Waals surface area contributed by atoms with E-state index >= 15 is 0 Å². The number of nitrogens with two attached hydrogens (primary N) is 2. The van der Waals surface area contributed by atoms with Gasteiger partial charge in [0.05, 0.1) is 13.1 Å². The zero-order valence-corrected chi connectivity index (χ0v) is 34.2. The number of nitrogens with one attached hydrogen (secondary N) is 4. The molecule has 0 spiro atoms. The van der Waals surface area contributed by atoms with Crippen LogP contribution in [0.15, 0.2) is 46.2 Å². The van der Waals surface area contributed by atoms with Crippen molar-refractivity contribution in [1.29, 1.82) is 0 Å². The van der Waals surface area contributed by atoms with Crippen molar-refractivity contribution in [1.82, 2.24) is 58.8 Å². The fraction of sp³-hybridized carbons (Fsp3) is 0.474. The van der Waals surface area contributed by atoms with Crippen molar-refractivity contribution in [2.24, 2.45) is 0 Å². The van der Waals surface area contributed by atoms with Crippen molar-refractivity contribution >= 4 is 45.9 Å². The van der Waals surface area contributed by atoms with Gasteiger partial charge in [0.2, 0.25) is 23.7 Å². The second kappa shape index (κ2) is 20.8. The number of hydrogen-bond acceptors (Lipinski definition) is 16. The summed E-state index contributed by atoms with van der Waals surface area (Å²) in [6.45, 7) is 9.07. The Morgan fingerprint density at radius 2 is 1.07 bits per heavy atom. The second-order valence-electron chi connectivity index (χ2n) is 14.2. The number of fused-ring (bicyclic) bond motifs is 2. The molecule has 58 heavy (non-hydrogen) atoms. The normalized spacial score (nSPS) is 11.3. The summed E-state index contributed by atoms with van der Waals surface area (Å²) >= 11 is 0. The van der Waals surface area contributed by atoms with Crippen LogP contribution in [0.3, 0.4) is 0 Å². The second-order valence-corrected chi connectivity index (χ2v) is 14.2. The summed E-state index contributed by atoms with van der Waals surface area (Å²) in [4.78, 5) is 60.5. The molecule has 6 heterocycles. The number of nitrogen functional groups attached to an aromatic ring is 2. The molecule has 0 aliphatic rings. The van der Waals surface area contributed by atoms with Crippen molar-refractivity contribution < 1.29 is 9.47 Å². The van der Waals surface area contributed by atoms with Crippen molar-refractivity contribution in [3.8, 4) is 11.8 Å². The molecule has 20 heteroatoms. The molecule has 0 aliphatic carbocycles. The molecule has 312 valence electrons. The van der Waals surface area contributed by atoms with Crippen LogP contribution in [0, 0.1) is 0 Å². The molecule has 6 aromatic rings. The Bertz CT molecular complexity index is 2150. The first-order valence-corrected chi connectivity index (χ1v) is 19.4. The number of anilines is 4. The van der Waals surface area contributed by atoms with E-state index < -0.39 is 0 Å². The number of imidazole rings is 2. The number of aromatic amines is 2. The Hall–Kier alpha value is -6.28. The number of ether oxygens (including phenoxy) is 2. The van der Waals surface area contributed by atoms with E-state index in [4.69, 9.17) is 20.9 Å². The Morgan fingerprint density at radius 3 is 1.41 bits per heavy atom. The van der Waals surface area contributed by atoms with E-state index in [1.54, 1.807) is 24.5 Å². The molecule has 0 aliphatic heterocycles. The highest BCUT2D eigenvalue weighted by Crippen LogP contribution is 2.19. The number of unbranched alkanes of at least 4 members (excludes halogenated alkanes) is 2. The van der Waals surface area contributed by atoms with Crippen LogP contribution in [0.4, 0.5) is 23.5 Å². The van der Waals surface area contributed by atoms with Gasteiger partial charge in [0.15, 0.2) is 22.9 Å². The molecule has 6 rings (SSSR count). The molecular weight excluding hydrogens is 745 g/mol. The lowest BCUT2D eigenvalue weighted by molar-refractivity contribution is 0.253. The number of nitrogens with zero attached hydrogens (tertiary/aromatic N) is 10. The lowest BCUT2D eigenvalue weighted by Crippen LogP contribution is -2.20. The van der Waals surface area contributed by atoms with Gasteiger partial charge in [0.1, 0.15) is 24.2 Å². The molecule has 0 fully saturated rings. The molecule has 0 bridgehead atoms. The predicted molar refractivity (Wildman–Crippen MR) is 227 cm³/mol. The highest BCUT2D eigenvalue weighted by molar-refractivity contribution is 5.83. The van der Waals surface area contributed by atoms with E-state index in [1.807, 2.05) is 50.1 Å². The third kappa shape index (κ3) is 11.9. The van der Waals surface area contributed by atoms with E-state index in [-0.39, 0.29) is 23.0 Å². The largest absolute Gasteiger partial charge is 0.476 e. The molecule has 0 saturated carbocycles. The van der Waals surface area contributed by atoms with Crippen LogP contribution in [-0.2, 0) is 13.1 Å². The summed E-state index contributed by atoms with van der Waals surface area (Å²) in [5.74, 6) is 2.42. The highest BCUT2D eigenvalue weighted by Gasteiger charge is 2.16. The molecule has 0 amide bonds. The maximum absolute atomic E-state index is 12.5. The highest BCUT2D eigenvalue weighted by atomic mass is 16.5. The van der Waals surface area contributed by atoms with E-state index in [9.17, 15) is 9.59 Å². The zero-order valence-electron chi connectivity index (χ0n) is 34.2. The minimum Gasteiger partial charge on any atom is -0.476 e. The molecule has 0 aromatic carbocycles. The fourth-order valence-corrected chi connectivity index (χ4v) is 5.52. The zero-order chi connectivity index (χ0) is 41.6. The van der Waals surface area contributed by atoms with E-state index in [2.05, 4.69) is 64.4 Å². The van der Waals surface area contributed by atoms with Crippen molar-refractivity contribution in [3.63, 3.8) is 0 Å². The number of pyridine rings is 2. The van der Waals surface area contributed by atoms with Gasteiger partial charge in [-0.2, -0.15) is 19.9 Å². The summed E-state index contributed by atoms with van der Waals surface area (Å²) in [6, 6.07) is 7.36. The number of likely N-dealkylation sites (N-methyl/N-ethyl adjacent to an activating group) is 2. The number of rotatable bonds is 20. The smallest absolute Gasteiger partial charge is 0.328 e. The van der Waals surface area contributed by atoms with Crippen LogP contribution in [-0.4, -0.2) is 126 Å². The van der Waals surface area contributed by atoms with Gasteiger partial charge in [0, 0.05) is 50.7 Å². The number of H-pyrrole nitrogens is 2. The van der Waals surface area contributed by atoms with Crippen LogP contribution in [0.1, 0.15) is 50.7 Å². The Labute approximate surface area is 336 Å². The van der Waals surface area contributed by atoms with Crippen molar-refractivity contribution in [2.75, 3.05) is 89.7 Å². The standard InChI is InChI=1S/2C19H28N8O2/c2*1-4-5-8-21-18-24-16(20)15-17(25-18)27(19(28)23-15)12-13-6-7-14(22-11-13)29-10-9-26(2)3/h2*6-7,11H,4-5,8-10,12H2,1-3H3,(H,23,28)(H3,20,21,24,25). The molecule has 6 aromatic heterocycles. The topological polar surface area (TPSA) is 254 Å². The minimum absolute atomic E-state index is 0.243. The van der Waals surface area contributed by atoms with Gasteiger partial charge in [-0.05, 0) is 52.2 Å². The van der Waals surface area contributed by atoms with Gasteiger partial charge < -0.3 is 51.3 Å². The monoisotopic (exact) mass is 800 g/mol. The van der Waals surface area contributed by atoms with Gasteiger partial charge >= 0.3 is 11.4 Å². The van der Waals surface area contributed by atoms with Crippen LogP contribution < -0.4 is 43.0 Å². The summed E-state index contributed by atoms with van der Waals surface area (Å²) in [5, 5.41) is 6.30. The van der Waals surface area contributed by atoms with Gasteiger partial charge in [-0.15, -0.1) is 0 Å². The van der Waals surface area contributed by atoms with Crippen LogP contribution in [0.5, 0.6) is 11.8 Å².